The van der Waals surface area contributed by atoms with Crippen molar-refractivity contribution >= 4 is 40.0 Å². The Kier molecular flexibility index (Phi) is 6.21. The Labute approximate surface area is 183 Å². The number of hydrogen-bond donors (Lipinski definition) is 2. The Hall–Kier alpha value is -3.03. The molecule has 3 aromatic carbocycles. The van der Waals surface area contributed by atoms with Crippen molar-refractivity contribution < 1.29 is 4.79 Å². The van der Waals surface area contributed by atoms with Crippen LogP contribution < -0.4 is 11.2 Å². The van der Waals surface area contributed by atoms with Crippen LogP contribution in [0, 0.1) is 0 Å². The van der Waals surface area contributed by atoms with Crippen molar-refractivity contribution in [1.29, 1.82) is 0 Å². The quantitative estimate of drug-likeness (QED) is 0.339. The third kappa shape index (κ3) is 4.75. The van der Waals surface area contributed by atoms with Gasteiger partial charge in [-0.25, -0.2) is 4.68 Å². The number of fused-ring (bicyclic) bond motifs is 1. The lowest BCUT2D eigenvalue weighted by atomic mass is 10.0. The molecule has 0 bridgehead atoms. The number of nitrogens with two attached hydrogens (primary N) is 1. The zero-order valence-corrected chi connectivity index (χ0v) is 17.7. The van der Waals surface area contributed by atoms with Gasteiger partial charge < -0.3 is 11.2 Å². The second-order valence-corrected chi connectivity index (χ2v) is 8.15. The van der Waals surface area contributed by atoms with E-state index in [9.17, 15) is 4.79 Å². The summed E-state index contributed by atoms with van der Waals surface area (Å²) in [5.41, 5.74) is 2.11. The summed E-state index contributed by atoms with van der Waals surface area (Å²) in [4.78, 5) is 12.2. The van der Waals surface area contributed by atoms with Crippen LogP contribution in [-0.2, 0) is 17.8 Å². The minimum Gasteiger partial charge on any atom is -0.351 e. The summed E-state index contributed by atoms with van der Waals surface area (Å²) in [5.74, 6) is 6.94. The molecule has 0 spiro atoms. The Balaban J connectivity index is 1.36. The van der Waals surface area contributed by atoms with Crippen molar-refractivity contribution in [2.45, 2.75) is 18.1 Å². The van der Waals surface area contributed by atoms with Crippen molar-refractivity contribution in [2.75, 3.05) is 11.6 Å². The number of thioether (sulfide) groups is 1. The summed E-state index contributed by atoms with van der Waals surface area (Å²) in [5, 5.41) is 14.8. The van der Waals surface area contributed by atoms with Crippen molar-refractivity contribution in [1.82, 2.24) is 20.2 Å². The largest absolute Gasteiger partial charge is 0.351 e. The van der Waals surface area contributed by atoms with Crippen LogP contribution in [-0.4, -0.2) is 26.5 Å². The van der Waals surface area contributed by atoms with Gasteiger partial charge in [0.05, 0.1) is 5.75 Å². The van der Waals surface area contributed by atoms with E-state index in [-0.39, 0.29) is 11.7 Å². The summed E-state index contributed by atoms with van der Waals surface area (Å²) in [6, 6.07) is 21.7. The molecule has 1 heterocycles. The first-order valence-corrected chi connectivity index (χ1v) is 10.8. The van der Waals surface area contributed by atoms with Gasteiger partial charge in [0.25, 0.3) is 0 Å². The van der Waals surface area contributed by atoms with Crippen LogP contribution in [0.25, 0.3) is 10.8 Å². The van der Waals surface area contributed by atoms with E-state index >= 15 is 0 Å². The average molecular weight is 438 g/mol. The number of nitrogen functional groups attached to an aromatic ring is 1. The van der Waals surface area contributed by atoms with Crippen molar-refractivity contribution in [3.05, 3.63) is 88.7 Å². The van der Waals surface area contributed by atoms with Gasteiger partial charge in [-0.05, 0) is 34.0 Å². The van der Waals surface area contributed by atoms with Crippen LogP contribution in [0.2, 0.25) is 5.02 Å². The number of rotatable bonds is 7. The first-order chi connectivity index (χ1) is 14.6. The molecule has 4 rings (SSSR count). The molecule has 3 N–H and O–H groups in total. The van der Waals surface area contributed by atoms with Crippen LogP contribution in [0.1, 0.15) is 17.0 Å². The van der Waals surface area contributed by atoms with Gasteiger partial charge in [-0.1, -0.05) is 78.0 Å². The molecule has 0 saturated carbocycles. The molecule has 0 aliphatic carbocycles. The van der Waals surface area contributed by atoms with Gasteiger partial charge in [-0.15, -0.1) is 10.2 Å². The molecule has 8 heteroatoms. The van der Waals surface area contributed by atoms with Crippen LogP contribution in [0.15, 0.2) is 71.9 Å². The molecular weight excluding hydrogens is 418 g/mol. The number of hydrogen-bond acceptors (Lipinski definition) is 5. The maximum absolute atomic E-state index is 12.2. The lowest BCUT2D eigenvalue weighted by Gasteiger charge is -2.07. The van der Waals surface area contributed by atoms with E-state index in [2.05, 4.69) is 39.8 Å². The fraction of sp³-hybridized carbons (Fsp3) is 0.136. The minimum absolute atomic E-state index is 0.103. The maximum atomic E-state index is 12.2. The number of nitrogens with zero attached hydrogens (tertiary/aromatic N) is 3. The molecule has 30 heavy (non-hydrogen) atoms. The summed E-state index contributed by atoms with van der Waals surface area (Å²) < 4.78 is 1.46. The maximum Gasteiger partial charge on any atom is 0.230 e. The molecule has 0 aliphatic heterocycles. The van der Waals surface area contributed by atoms with E-state index < -0.39 is 0 Å². The van der Waals surface area contributed by atoms with E-state index in [1.807, 2.05) is 30.3 Å². The SMILES string of the molecule is Nn1c(Cc2cccc3ccccc23)nnc1SCC(=O)NCc1ccc(Cl)cc1. The highest BCUT2D eigenvalue weighted by atomic mass is 35.5. The monoisotopic (exact) mass is 437 g/mol. The number of aromatic nitrogens is 3. The predicted molar refractivity (Wildman–Crippen MR) is 121 cm³/mol. The zero-order chi connectivity index (χ0) is 20.9. The fourth-order valence-corrected chi connectivity index (χ4v) is 3.96. The first kappa shape index (κ1) is 20.3. The number of nitrogens with one attached hydrogen (secondary N) is 1. The van der Waals surface area contributed by atoms with Gasteiger partial charge in [-0.3, -0.25) is 4.79 Å². The Morgan fingerprint density at radius 3 is 2.63 bits per heavy atom. The van der Waals surface area contributed by atoms with Gasteiger partial charge in [0, 0.05) is 18.0 Å². The normalized spacial score (nSPS) is 11.0. The fourth-order valence-electron chi connectivity index (χ4n) is 3.13. The minimum atomic E-state index is -0.103. The molecule has 0 unspecified atom stereocenters. The third-order valence-corrected chi connectivity index (χ3v) is 5.89. The molecule has 1 aromatic heterocycles. The first-order valence-electron chi connectivity index (χ1n) is 9.40. The standard InChI is InChI=1S/C22H20ClN5OS/c23-18-10-8-15(9-11-18)13-25-21(29)14-30-22-27-26-20(28(22)24)12-17-6-3-5-16-4-1-2-7-19(16)17/h1-11H,12-14,24H2,(H,25,29). The molecular formula is C22H20ClN5OS. The predicted octanol–water partition coefficient (Wildman–Crippen LogP) is 3.80. The Bertz CT molecular complexity index is 1170. The third-order valence-electron chi connectivity index (χ3n) is 4.70. The van der Waals surface area contributed by atoms with Crippen LogP contribution in [0.3, 0.4) is 0 Å². The second-order valence-electron chi connectivity index (χ2n) is 6.78. The molecule has 0 radical (unpaired) electrons. The van der Waals surface area contributed by atoms with E-state index in [0.717, 1.165) is 11.1 Å². The van der Waals surface area contributed by atoms with Crippen molar-refractivity contribution in [3.8, 4) is 0 Å². The highest BCUT2D eigenvalue weighted by molar-refractivity contribution is 7.99. The van der Waals surface area contributed by atoms with E-state index in [1.54, 1.807) is 12.1 Å². The van der Waals surface area contributed by atoms with Gasteiger partial charge in [0.2, 0.25) is 11.1 Å². The average Bonchev–Trinajstić information content (AvgIpc) is 3.11. The second kappa shape index (κ2) is 9.19. The Morgan fingerprint density at radius 2 is 1.80 bits per heavy atom. The molecule has 0 fully saturated rings. The molecule has 0 atom stereocenters. The smallest absolute Gasteiger partial charge is 0.230 e. The van der Waals surface area contributed by atoms with Crippen molar-refractivity contribution in [2.24, 2.45) is 0 Å². The number of halogens is 1. The van der Waals surface area contributed by atoms with Crippen LogP contribution in [0.4, 0.5) is 0 Å². The molecule has 4 aromatic rings. The molecule has 0 aliphatic rings. The van der Waals surface area contributed by atoms with Gasteiger partial charge in [0.1, 0.15) is 0 Å². The lowest BCUT2D eigenvalue weighted by Crippen LogP contribution is -2.25. The van der Waals surface area contributed by atoms with Crippen LogP contribution >= 0.6 is 23.4 Å². The van der Waals surface area contributed by atoms with Crippen molar-refractivity contribution in [3.63, 3.8) is 0 Å². The Morgan fingerprint density at radius 1 is 1.03 bits per heavy atom. The number of amides is 1. The number of carbonyl (C=O) groups is 1. The zero-order valence-electron chi connectivity index (χ0n) is 16.1. The van der Waals surface area contributed by atoms with Gasteiger partial charge in [0.15, 0.2) is 5.82 Å². The summed E-state index contributed by atoms with van der Waals surface area (Å²) in [6.07, 6.45) is 0.564. The summed E-state index contributed by atoms with van der Waals surface area (Å²) in [6.45, 7) is 0.443. The molecule has 152 valence electrons. The van der Waals surface area contributed by atoms with E-state index in [1.165, 1.54) is 27.2 Å². The van der Waals surface area contributed by atoms with Gasteiger partial charge in [-0.2, -0.15) is 0 Å². The summed E-state index contributed by atoms with van der Waals surface area (Å²) in [7, 11) is 0. The summed E-state index contributed by atoms with van der Waals surface area (Å²) >= 11 is 7.13. The number of carbonyl (C=O) groups excluding carboxylic acids is 1. The highest BCUT2D eigenvalue weighted by Crippen LogP contribution is 2.22. The van der Waals surface area contributed by atoms with E-state index in [0.29, 0.717) is 29.0 Å². The van der Waals surface area contributed by atoms with Crippen LogP contribution in [0.5, 0.6) is 0 Å². The lowest BCUT2D eigenvalue weighted by molar-refractivity contribution is -0.118. The molecule has 1 amide bonds. The molecule has 0 saturated heterocycles. The van der Waals surface area contributed by atoms with E-state index in [4.69, 9.17) is 17.4 Å². The molecule has 6 nitrogen and oxygen atoms in total. The topological polar surface area (TPSA) is 85.8 Å². The highest BCUT2D eigenvalue weighted by Gasteiger charge is 2.14. The number of benzene rings is 3. The van der Waals surface area contributed by atoms with Gasteiger partial charge >= 0.3 is 0 Å².